The number of rotatable bonds is 10. The summed E-state index contributed by atoms with van der Waals surface area (Å²) in [5, 5.41) is 5.68. The lowest BCUT2D eigenvalue weighted by molar-refractivity contribution is -0.126. The van der Waals surface area contributed by atoms with Gasteiger partial charge in [0.15, 0.2) is 12.1 Å². The Hall–Kier alpha value is -4.37. The topological polar surface area (TPSA) is 106 Å². The fourth-order valence-electron chi connectivity index (χ4n) is 4.13. The lowest BCUT2D eigenvalue weighted by atomic mass is 10.00. The fraction of sp³-hybridized carbons (Fsp3) is 0.250. The van der Waals surface area contributed by atoms with Gasteiger partial charge in [-0.15, -0.1) is 0 Å². The van der Waals surface area contributed by atoms with E-state index in [1.807, 2.05) is 30.3 Å². The van der Waals surface area contributed by atoms with Crippen molar-refractivity contribution in [2.75, 3.05) is 32.7 Å². The molecule has 3 aromatic rings. The number of hydrogen-bond acceptors (Lipinski definition) is 6. The minimum absolute atomic E-state index is 0.213. The third-order valence-electron chi connectivity index (χ3n) is 5.96. The number of hydrogen-bond donors (Lipinski definition) is 2. The Bertz CT molecular complexity index is 1250. The molecule has 2 N–H and O–H groups in total. The third-order valence-corrected chi connectivity index (χ3v) is 5.96. The Morgan fingerprint density at radius 3 is 2.51 bits per heavy atom. The highest BCUT2D eigenvalue weighted by molar-refractivity contribution is 6.04. The normalized spacial score (nSPS) is 16.7. The lowest BCUT2D eigenvalue weighted by Gasteiger charge is -2.24. The monoisotopic (exact) mass is 503 g/mol. The molecule has 4 rings (SSSR count). The van der Waals surface area contributed by atoms with E-state index in [9.17, 15) is 14.4 Å². The van der Waals surface area contributed by atoms with Crippen LogP contribution in [0, 0.1) is 0 Å². The number of amides is 3. The van der Waals surface area contributed by atoms with Crippen molar-refractivity contribution in [2.45, 2.75) is 18.7 Å². The van der Waals surface area contributed by atoms with Crippen molar-refractivity contribution in [1.29, 1.82) is 0 Å². The average molecular weight is 504 g/mol. The maximum absolute atomic E-state index is 13.2. The van der Waals surface area contributed by atoms with Crippen LogP contribution in [0.25, 0.3) is 0 Å². The zero-order valence-corrected chi connectivity index (χ0v) is 20.7. The van der Waals surface area contributed by atoms with Gasteiger partial charge in [0.05, 0.1) is 20.3 Å². The molecule has 0 aliphatic carbocycles. The molecule has 192 valence electrons. The Balaban J connectivity index is 1.58. The van der Waals surface area contributed by atoms with E-state index < -0.39 is 18.2 Å². The van der Waals surface area contributed by atoms with Crippen LogP contribution in [0.3, 0.4) is 0 Å². The van der Waals surface area contributed by atoms with Gasteiger partial charge in [0.1, 0.15) is 5.75 Å². The summed E-state index contributed by atoms with van der Waals surface area (Å²) in [6.07, 6.45) is -1.46. The van der Waals surface area contributed by atoms with Crippen LogP contribution in [-0.2, 0) is 20.8 Å². The molecule has 1 aliphatic rings. The van der Waals surface area contributed by atoms with Gasteiger partial charge in [-0.05, 0) is 41.5 Å². The molecule has 37 heavy (non-hydrogen) atoms. The summed E-state index contributed by atoms with van der Waals surface area (Å²) >= 11 is 0. The summed E-state index contributed by atoms with van der Waals surface area (Å²) in [6.45, 7) is 0.843. The number of carbonyl (C=O) groups excluding carboxylic acids is 3. The molecule has 0 saturated carbocycles. The molecule has 9 heteroatoms. The average Bonchev–Trinajstić information content (AvgIpc) is 3.25. The van der Waals surface area contributed by atoms with Crippen LogP contribution in [0.4, 0.5) is 10.5 Å². The minimum atomic E-state index is -0.908. The van der Waals surface area contributed by atoms with Gasteiger partial charge in [-0.25, -0.2) is 4.79 Å². The number of nitrogens with one attached hydrogen (secondary N) is 2. The molecule has 9 nitrogen and oxygen atoms in total. The first-order valence-electron chi connectivity index (χ1n) is 11.8. The quantitative estimate of drug-likeness (QED) is 0.408. The van der Waals surface area contributed by atoms with Crippen molar-refractivity contribution >= 4 is 23.6 Å². The van der Waals surface area contributed by atoms with Crippen molar-refractivity contribution in [3.8, 4) is 5.75 Å². The van der Waals surface area contributed by atoms with Crippen molar-refractivity contribution < 1.29 is 28.6 Å². The summed E-state index contributed by atoms with van der Waals surface area (Å²) in [4.78, 5) is 40.4. The van der Waals surface area contributed by atoms with Gasteiger partial charge in [-0.1, -0.05) is 48.5 Å². The molecule has 1 aliphatic heterocycles. The Morgan fingerprint density at radius 1 is 0.973 bits per heavy atom. The number of cyclic esters (lactones) is 1. The van der Waals surface area contributed by atoms with Gasteiger partial charge in [-0.3, -0.25) is 14.5 Å². The van der Waals surface area contributed by atoms with Crippen LogP contribution >= 0.6 is 0 Å². The minimum Gasteiger partial charge on any atom is -0.497 e. The largest absolute Gasteiger partial charge is 0.497 e. The standard InChI is InChI=1S/C28H29N3O6/c1-35-15-14-29-27(33)24-25(37-28(34)31(24)18-19-8-4-3-5-9-19)20-10-6-12-22(16-20)30-26(32)21-11-7-13-23(17-21)36-2/h3-13,16-17,24-25H,14-15,18H2,1-2H3,(H,29,33)(H,30,32). The second kappa shape index (κ2) is 12.0. The molecule has 0 spiro atoms. The van der Waals surface area contributed by atoms with E-state index in [2.05, 4.69) is 10.6 Å². The lowest BCUT2D eigenvalue weighted by Crippen LogP contribution is -2.47. The van der Waals surface area contributed by atoms with E-state index >= 15 is 0 Å². The molecule has 1 fully saturated rings. The van der Waals surface area contributed by atoms with Crippen molar-refractivity contribution in [3.05, 3.63) is 95.6 Å². The molecular weight excluding hydrogens is 474 g/mol. The molecule has 2 atom stereocenters. The van der Waals surface area contributed by atoms with Crippen molar-refractivity contribution in [3.63, 3.8) is 0 Å². The maximum Gasteiger partial charge on any atom is 0.411 e. The zero-order chi connectivity index (χ0) is 26.2. The first-order chi connectivity index (χ1) is 18.0. The number of anilines is 1. The summed E-state index contributed by atoms with van der Waals surface area (Å²) < 4.78 is 15.9. The van der Waals surface area contributed by atoms with E-state index in [4.69, 9.17) is 14.2 Å². The summed E-state index contributed by atoms with van der Waals surface area (Å²) in [5.41, 5.74) is 2.39. The molecule has 1 saturated heterocycles. The van der Waals surface area contributed by atoms with E-state index in [1.165, 1.54) is 12.0 Å². The van der Waals surface area contributed by atoms with Crippen molar-refractivity contribution in [2.24, 2.45) is 0 Å². The van der Waals surface area contributed by atoms with Gasteiger partial charge in [0.25, 0.3) is 5.91 Å². The van der Waals surface area contributed by atoms with Gasteiger partial charge < -0.3 is 24.8 Å². The summed E-state index contributed by atoms with van der Waals surface area (Å²) in [7, 11) is 3.08. The molecule has 3 amide bonds. The summed E-state index contributed by atoms with van der Waals surface area (Å²) in [6, 6.07) is 22.2. The number of benzene rings is 3. The van der Waals surface area contributed by atoms with E-state index in [-0.39, 0.29) is 18.4 Å². The Labute approximate surface area is 215 Å². The predicted molar refractivity (Wildman–Crippen MR) is 137 cm³/mol. The second-order valence-corrected chi connectivity index (χ2v) is 8.46. The van der Waals surface area contributed by atoms with Crippen LogP contribution in [0.1, 0.15) is 27.6 Å². The molecule has 0 aromatic heterocycles. The van der Waals surface area contributed by atoms with Crippen LogP contribution < -0.4 is 15.4 Å². The van der Waals surface area contributed by atoms with Gasteiger partial charge in [-0.2, -0.15) is 0 Å². The van der Waals surface area contributed by atoms with Crippen LogP contribution in [0.15, 0.2) is 78.9 Å². The van der Waals surface area contributed by atoms with Gasteiger partial charge in [0, 0.05) is 24.9 Å². The number of nitrogens with zero attached hydrogens (tertiary/aromatic N) is 1. The molecule has 3 aromatic carbocycles. The van der Waals surface area contributed by atoms with Crippen LogP contribution in [0.5, 0.6) is 5.75 Å². The van der Waals surface area contributed by atoms with Crippen molar-refractivity contribution in [1.82, 2.24) is 10.2 Å². The maximum atomic E-state index is 13.2. The molecule has 0 radical (unpaired) electrons. The zero-order valence-electron chi connectivity index (χ0n) is 20.7. The molecule has 1 heterocycles. The highest BCUT2D eigenvalue weighted by Gasteiger charge is 2.47. The Morgan fingerprint density at radius 2 is 1.76 bits per heavy atom. The summed E-state index contributed by atoms with van der Waals surface area (Å²) in [5.74, 6) is -0.103. The van der Waals surface area contributed by atoms with Gasteiger partial charge >= 0.3 is 6.09 Å². The van der Waals surface area contributed by atoms with Gasteiger partial charge in [0.2, 0.25) is 5.91 Å². The molecule has 0 bridgehead atoms. The van der Waals surface area contributed by atoms with Crippen LogP contribution in [0.2, 0.25) is 0 Å². The SMILES string of the molecule is COCCNC(=O)C1C(c2cccc(NC(=O)c3cccc(OC)c3)c2)OC(=O)N1Cc1ccccc1. The number of ether oxygens (including phenoxy) is 3. The highest BCUT2D eigenvalue weighted by Crippen LogP contribution is 2.35. The Kier molecular flexibility index (Phi) is 8.37. The smallest absolute Gasteiger partial charge is 0.411 e. The highest BCUT2D eigenvalue weighted by atomic mass is 16.6. The number of methoxy groups -OCH3 is 2. The first-order valence-corrected chi connectivity index (χ1v) is 11.8. The van der Waals surface area contributed by atoms with Crippen LogP contribution in [-0.4, -0.2) is 56.2 Å². The fourth-order valence-corrected chi connectivity index (χ4v) is 4.13. The molecular formula is C28H29N3O6. The number of carbonyl (C=O) groups is 3. The van der Waals surface area contributed by atoms with E-state index in [0.29, 0.717) is 35.7 Å². The first kappa shape index (κ1) is 25.7. The molecule has 2 unspecified atom stereocenters. The second-order valence-electron chi connectivity index (χ2n) is 8.46. The predicted octanol–water partition coefficient (Wildman–Crippen LogP) is 3.77. The van der Waals surface area contributed by atoms with E-state index in [0.717, 1.165) is 5.56 Å². The third kappa shape index (κ3) is 6.25. The van der Waals surface area contributed by atoms with E-state index in [1.54, 1.807) is 55.6 Å².